The van der Waals surface area contributed by atoms with Gasteiger partial charge in [-0.1, -0.05) is 12.1 Å². The van der Waals surface area contributed by atoms with Crippen LogP contribution in [0.1, 0.15) is 23.6 Å². The molecule has 1 aromatic heterocycles. The van der Waals surface area contributed by atoms with E-state index >= 15 is 0 Å². The van der Waals surface area contributed by atoms with E-state index < -0.39 is 0 Å². The number of methoxy groups -OCH3 is 1. The highest BCUT2D eigenvalue weighted by molar-refractivity contribution is 5.84. The minimum atomic E-state index is -0.340. The molecule has 0 fully saturated rings. The van der Waals surface area contributed by atoms with Crippen LogP contribution in [0.4, 0.5) is 5.69 Å². The van der Waals surface area contributed by atoms with Gasteiger partial charge in [0, 0.05) is 29.8 Å². The van der Waals surface area contributed by atoms with Gasteiger partial charge in [-0.3, -0.25) is 0 Å². The van der Waals surface area contributed by atoms with Gasteiger partial charge >= 0.3 is 5.63 Å². The quantitative estimate of drug-likeness (QED) is 0.664. The predicted octanol–water partition coefficient (Wildman–Crippen LogP) is 4.43. The van der Waals surface area contributed by atoms with Crippen molar-refractivity contribution in [3.63, 3.8) is 0 Å². The Hall–Kier alpha value is -2.95. The summed E-state index contributed by atoms with van der Waals surface area (Å²) in [4.78, 5) is 12.0. The smallest absolute Gasteiger partial charge is 0.336 e. The fraction of sp³-hybridized carbons (Fsp3) is 0.286. The zero-order valence-electron chi connectivity index (χ0n) is 15.5. The van der Waals surface area contributed by atoms with Gasteiger partial charge in [0.1, 0.15) is 5.58 Å². The molecule has 5 heteroatoms. The van der Waals surface area contributed by atoms with Crippen LogP contribution in [0.15, 0.2) is 45.6 Å². The van der Waals surface area contributed by atoms with Crippen LogP contribution in [-0.2, 0) is 6.54 Å². The fourth-order valence-corrected chi connectivity index (χ4v) is 2.92. The summed E-state index contributed by atoms with van der Waals surface area (Å²) in [5.74, 6) is 1.37. The molecule has 3 aromatic rings. The van der Waals surface area contributed by atoms with Crippen LogP contribution in [0, 0.1) is 13.8 Å². The third-order valence-corrected chi connectivity index (χ3v) is 4.46. The van der Waals surface area contributed by atoms with Crippen molar-refractivity contribution in [3.05, 3.63) is 63.5 Å². The molecule has 0 saturated heterocycles. The maximum absolute atomic E-state index is 12.0. The zero-order valence-corrected chi connectivity index (χ0v) is 15.5. The lowest BCUT2D eigenvalue weighted by molar-refractivity contribution is 0.311. The molecule has 0 amide bonds. The Morgan fingerprint density at radius 2 is 1.88 bits per heavy atom. The number of ether oxygens (including phenoxy) is 2. The Bertz CT molecular complexity index is 991. The summed E-state index contributed by atoms with van der Waals surface area (Å²) >= 11 is 0. The van der Waals surface area contributed by atoms with Gasteiger partial charge in [0.15, 0.2) is 11.5 Å². The van der Waals surface area contributed by atoms with Gasteiger partial charge in [0.2, 0.25) is 0 Å². The van der Waals surface area contributed by atoms with Crippen molar-refractivity contribution in [1.29, 1.82) is 0 Å². The number of benzene rings is 2. The lowest BCUT2D eigenvalue weighted by Crippen LogP contribution is -2.07. The van der Waals surface area contributed by atoms with Crippen molar-refractivity contribution >= 4 is 16.7 Å². The zero-order chi connectivity index (χ0) is 18.7. The first-order chi connectivity index (χ1) is 12.5. The van der Waals surface area contributed by atoms with Crippen molar-refractivity contribution in [2.45, 2.75) is 27.3 Å². The van der Waals surface area contributed by atoms with Gasteiger partial charge in [-0.25, -0.2) is 4.79 Å². The van der Waals surface area contributed by atoms with Gasteiger partial charge in [0.25, 0.3) is 0 Å². The van der Waals surface area contributed by atoms with Crippen LogP contribution in [0.25, 0.3) is 11.0 Å². The summed E-state index contributed by atoms with van der Waals surface area (Å²) < 4.78 is 16.3. The lowest BCUT2D eigenvalue weighted by atomic mass is 10.0. The van der Waals surface area contributed by atoms with Gasteiger partial charge in [-0.05, 0) is 49.6 Å². The van der Waals surface area contributed by atoms with Crippen molar-refractivity contribution in [2.24, 2.45) is 0 Å². The van der Waals surface area contributed by atoms with Crippen LogP contribution >= 0.6 is 0 Å². The third-order valence-electron chi connectivity index (χ3n) is 4.46. The topological polar surface area (TPSA) is 60.7 Å². The predicted molar refractivity (Wildman–Crippen MR) is 103 cm³/mol. The highest BCUT2D eigenvalue weighted by atomic mass is 16.5. The second kappa shape index (κ2) is 7.52. The molecular formula is C21H23NO4. The standard InChI is InChI=1S/C21H23NO4/c1-5-25-18-9-7-16(11-19(18)24-4)22-12-15-10-20(23)26-21-14(3)13(2)6-8-17(15)21/h6-11,22H,5,12H2,1-4H3. The highest BCUT2D eigenvalue weighted by Crippen LogP contribution is 2.31. The molecule has 0 saturated carbocycles. The molecule has 3 rings (SSSR count). The molecule has 0 aliphatic carbocycles. The molecule has 1 N–H and O–H groups in total. The molecule has 26 heavy (non-hydrogen) atoms. The van der Waals surface area contributed by atoms with Crippen LogP contribution in [0.2, 0.25) is 0 Å². The van der Waals surface area contributed by atoms with Gasteiger partial charge in [-0.2, -0.15) is 0 Å². The van der Waals surface area contributed by atoms with E-state index in [-0.39, 0.29) is 5.63 Å². The fourth-order valence-electron chi connectivity index (χ4n) is 2.92. The van der Waals surface area contributed by atoms with Crippen LogP contribution in [0.5, 0.6) is 11.5 Å². The van der Waals surface area contributed by atoms with E-state index in [2.05, 4.69) is 5.32 Å². The molecule has 0 spiro atoms. The lowest BCUT2D eigenvalue weighted by Gasteiger charge is -2.13. The third kappa shape index (κ3) is 3.52. The average Bonchev–Trinajstić information content (AvgIpc) is 2.64. The number of nitrogens with one attached hydrogen (secondary N) is 1. The van der Waals surface area contributed by atoms with E-state index in [1.165, 1.54) is 6.07 Å². The van der Waals surface area contributed by atoms with Crippen molar-refractivity contribution in [1.82, 2.24) is 0 Å². The van der Waals surface area contributed by atoms with Gasteiger partial charge < -0.3 is 19.2 Å². The molecule has 0 bridgehead atoms. The van der Waals surface area contributed by atoms with E-state index in [9.17, 15) is 4.79 Å². The summed E-state index contributed by atoms with van der Waals surface area (Å²) in [5, 5.41) is 4.29. The second-order valence-corrected chi connectivity index (χ2v) is 6.13. The molecule has 0 atom stereocenters. The highest BCUT2D eigenvalue weighted by Gasteiger charge is 2.10. The summed E-state index contributed by atoms with van der Waals surface area (Å²) in [7, 11) is 1.61. The minimum Gasteiger partial charge on any atom is -0.493 e. The molecule has 0 unspecified atom stereocenters. The largest absolute Gasteiger partial charge is 0.493 e. The number of anilines is 1. The van der Waals surface area contributed by atoms with Gasteiger partial charge in [-0.15, -0.1) is 0 Å². The first-order valence-corrected chi connectivity index (χ1v) is 8.61. The summed E-state index contributed by atoms with van der Waals surface area (Å²) in [6, 6.07) is 11.3. The van der Waals surface area contributed by atoms with Crippen molar-refractivity contribution < 1.29 is 13.9 Å². The summed E-state index contributed by atoms with van der Waals surface area (Å²) in [6.07, 6.45) is 0. The Morgan fingerprint density at radius 1 is 1.08 bits per heavy atom. The Morgan fingerprint density at radius 3 is 2.62 bits per heavy atom. The van der Waals surface area contributed by atoms with E-state index in [1.807, 2.05) is 51.1 Å². The van der Waals surface area contributed by atoms with Crippen LogP contribution in [0.3, 0.4) is 0 Å². The maximum Gasteiger partial charge on any atom is 0.336 e. The van der Waals surface area contributed by atoms with Gasteiger partial charge in [0.05, 0.1) is 13.7 Å². The molecule has 136 valence electrons. The number of aryl methyl sites for hydroxylation is 2. The van der Waals surface area contributed by atoms with Crippen molar-refractivity contribution in [3.8, 4) is 11.5 Å². The molecule has 5 nitrogen and oxygen atoms in total. The molecule has 0 radical (unpaired) electrons. The number of fused-ring (bicyclic) bond motifs is 1. The first kappa shape index (κ1) is 17.9. The SMILES string of the molecule is CCOc1ccc(NCc2cc(=O)oc3c(C)c(C)ccc23)cc1OC. The number of hydrogen-bond donors (Lipinski definition) is 1. The Labute approximate surface area is 152 Å². The average molecular weight is 353 g/mol. The van der Waals surface area contributed by atoms with E-state index in [0.29, 0.717) is 30.2 Å². The molecule has 2 aromatic carbocycles. The normalized spacial score (nSPS) is 10.8. The van der Waals surface area contributed by atoms with E-state index in [1.54, 1.807) is 7.11 Å². The van der Waals surface area contributed by atoms with E-state index in [0.717, 1.165) is 27.8 Å². The maximum atomic E-state index is 12.0. The second-order valence-electron chi connectivity index (χ2n) is 6.13. The summed E-state index contributed by atoms with van der Waals surface area (Å²) in [5.41, 5.74) is 4.18. The van der Waals surface area contributed by atoms with Crippen LogP contribution < -0.4 is 20.4 Å². The van der Waals surface area contributed by atoms with Crippen LogP contribution in [-0.4, -0.2) is 13.7 Å². The number of hydrogen-bond acceptors (Lipinski definition) is 5. The molecular weight excluding hydrogens is 330 g/mol. The minimum absolute atomic E-state index is 0.340. The van der Waals surface area contributed by atoms with E-state index in [4.69, 9.17) is 13.9 Å². The summed E-state index contributed by atoms with van der Waals surface area (Å²) in [6.45, 7) is 6.98. The number of rotatable bonds is 6. The molecule has 0 aliphatic rings. The first-order valence-electron chi connectivity index (χ1n) is 8.61. The molecule has 1 heterocycles. The molecule has 0 aliphatic heterocycles. The Balaban J connectivity index is 1.91. The van der Waals surface area contributed by atoms with Crippen molar-refractivity contribution in [2.75, 3.05) is 19.0 Å². The Kier molecular flexibility index (Phi) is 5.16. The monoisotopic (exact) mass is 353 g/mol.